The SMILES string of the molecule is CCS(=O)(=O)CCNC(C)C1(C)CC1. The van der Waals surface area contributed by atoms with E-state index in [4.69, 9.17) is 0 Å². The summed E-state index contributed by atoms with van der Waals surface area (Å²) in [6, 6.07) is 0.439. The Kier molecular flexibility index (Phi) is 3.58. The molecule has 1 N–H and O–H groups in total. The smallest absolute Gasteiger partial charge is 0.151 e. The first-order valence-corrected chi connectivity index (χ1v) is 7.15. The third-order valence-corrected chi connectivity index (χ3v) is 5.09. The molecular formula is C10H21NO2S. The van der Waals surface area contributed by atoms with Crippen LogP contribution in [0.2, 0.25) is 0 Å². The van der Waals surface area contributed by atoms with Gasteiger partial charge in [0.15, 0.2) is 9.84 Å². The Labute approximate surface area is 87.2 Å². The van der Waals surface area contributed by atoms with Crippen molar-refractivity contribution in [3.8, 4) is 0 Å². The average molecular weight is 219 g/mol. The Balaban J connectivity index is 2.22. The van der Waals surface area contributed by atoms with Gasteiger partial charge in [-0.25, -0.2) is 8.42 Å². The molecule has 4 heteroatoms. The van der Waals surface area contributed by atoms with Gasteiger partial charge in [0.1, 0.15) is 0 Å². The summed E-state index contributed by atoms with van der Waals surface area (Å²) in [6.07, 6.45) is 2.53. The molecule has 0 amide bonds. The maximum Gasteiger partial charge on any atom is 0.151 e. The number of rotatable bonds is 6. The normalized spacial score (nSPS) is 21.9. The van der Waals surface area contributed by atoms with E-state index in [1.54, 1.807) is 6.92 Å². The first kappa shape index (κ1) is 12.0. The maximum atomic E-state index is 11.2. The van der Waals surface area contributed by atoms with Crippen LogP contribution in [0.25, 0.3) is 0 Å². The average Bonchev–Trinajstić information content (AvgIpc) is 2.85. The van der Waals surface area contributed by atoms with Gasteiger partial charge in [-0.1, -0.05) is 13.8 Å². The number of hydrogen-bond donors (Lipinski definition) is 1. The van der Waals surface area contributed by atoms with Crippen molar-refractivity contribution in [1.29, 1.82) is 0 Å². The molecule has 0 radical (unpaired) electrons. The highest BCUT2D eigenvalue weighted by molar-refractivity contribution is 7.91. The van der Waals surface area contributed by atoms with Crippen LogP contribution in [-0.2, 0) is 9.84 Å². The highest BCUT2D eigenvalue weighted by Crippen LogP contribution is 2.47. The monoisotopic (exact) mass is 219 g/mol. The van der Waals surface area contributed by atoms with Crippen molar-refractivity contribution in [3.05, 3.63) is 0 Å². The summed E-state index contributed by atoms with van der Waals surface area (Å²) in [5, 5.41) is 3.30. The molecule has 0 saturated heterocycles. The molecule has 84 valence electrons. The number of hydrogen-bond acceptors (Lipinski definition) is 3. The van der Waals surface area contributed by atoms with Gasteiger partial charge in [-0.2, -0.15) is 0 Å². The van der Waals surface area contributed by atoms with E-state index in [0.717, 1.165) is 0 Å². The minimum absolute atomic E-state index is 0.250. The topological polar surface area (TPSA) is 46.2 Å². The van der Waals surface area contributed by atoms with Gasteiger partial charge in [-0.05, 0) is 25.2 Å². The Morgan fingerprint density at radius 3 is 2.43 bits per heavy atom. The first-order chi connectivity index (χ1) is 6.40. The van der Waals surface area contributed by atoms with E-state index < -0.39 is 9.84 Å². The lowest BCUT2D eigenvalue weighted by Gasteiger charge is -2.20. The van der Waals surface area contributed by atoms with Crippen molar-refractivity contribution in [2.75, 3.05) is 18.1 Å². The van der Waals surface area contributed by atoms with Crippen LogP contribution in [0, 0.1) is 5.41 Å². The van der Waals surface area contributed by atoms with Crippen molar-refractivity contribution in [3.63, 3.8) is 0 Å². The number of sulfone groups is 1. The van der Waals surface area contributed by atoms with Crippen LogP contribution in [0.15, 0.2) is 0 Å². The molecule has 0 aliphatic heterocycles. The van der Waals surface area contributed by atoms with E-state index in [1.807, 2.05) is 0 Å². The van der Waals surface area contributed by atoms with Crippen LogP contribution in [0.5, 0.6) is 0 Å². The fraction of sp³-hybridized carbons (Fsp3) is 1.00. The second-order valence-electron chi connectivity index (χ2n) is 4.57. The summed E-state index contributed by atoms with van der Waals surface area (Å²) in [5.41, 5.74) is 0.427. The van der Waals surface area contributed by atoms with Crippen LogP contribution in [0.1, 0.15) is 33.6 Å². The van der Waals surface area contributed by atoms with E-state index >= 15 is 0 Å². The molecule has 0 aromatic heterocycles. The molecule has 1 fully saturated rings. The van der Waals surface area contributed by atoms with Gasteiger partial charge in [-0.15, -0.1) is 0 Å². The van der Waals surface area contributed by atoms with Crippen LogP contribution in [0.3, 0.4) is 0 Å². The molecule has 1 rings (SSSR count). The molecule has 1 saturated carbocycles. The Morgan fingerprint density at radius 2 is 2.00 bits per heavy atom. The summed E-state index contributed by atoms with van der Waals surface area (Å²) in [6.45, 7) is 6.68. The van der Waals surface area contributed by atoms with Crippen molar-refractivity contribution >= 4 is 9.84 Å². The standard InChI is InChI=1S/C10H21NO2S/c1-4-14(12,13)8-7-11-9(2)10(3)5-6-10/h9,11H,4-8H2,1-3H3. The lowest BCUT2D eigenvalue weighted by atomic mass is 10.0. The molecule has 1 unspecified atom stereocenters. The van der Waals surface area contributed by atoms with Crippen LogP contribution in [-0.4, -0.2) is 32.5 Å². The van der Waals surface area contributed by atoms with Gasteiger partial charge < -0.3 is 5.32 Å². The second-order valence-corrected chi connectivity index (χ2v) is 7.04. The molecule has 3 nitrogen and oxygen atoms in total. The van der Waals surface area contributed by atoms with Gasteiger partial charge in [0.25, 0.3) is 0 Å². The minimum Gasteiger partial charge on any atom is -0.313 e. The van der Waals surface area contributed by atoms with Gasteiger partial charge >= 0.3 is 0 Å². The van der Waals surface area contributed by atoms with E-state index in [0.29, 0.717) is 18.0 Å². The van der Waals surface area contributed by atoms with Crippen molar-refractivity contribution in [2.24, 2.45) is 5.41 Å². The van der Waals surface area contributed by atoms with E-state index in [2.05, 4.69) is 19.2 Å². The Hall–Kier alpha value is -0.0900. The Morgan fingerprint density at radius 1 is 1.43 bits per heavy atom. The number of nitrogens with one attached hydrogen (secondary N) is 1. The van der Waals surface area contributed by atoms with Crippen molar-refractivity contribution in [1.82, 2.24) is 5.32 Å². The Bertz CT molecular complexity index is 280. The molecular weight excluding hydrogens is 198 g/mol. The maximum absolute atomic E-state index is 11.2. The van der Waals surface area contributed by atoms with Crippen LogP contribution < -0.4 is 5.32 Å². The lowest BCUT2D eigenvalue weighted by Crippen LogP contribution is -2.36. The summed E-state index contributed by atoms with van der Waals surface area (Å²) in [5.74, 6) is 0.518. The fourth-order valence-electron chi connectivity index (χ4n) is 1.45. The summed E-state index contributed by atoms with van der Waals surface area (Å²) in [4.78, 5) is 0. The van der Waals surface area contributed by atoms with Gasteiger partial charge in [0, 0.05) is 18.3 Å². The fourth-order valence-corrected chi connectivity index (χ4v) is 2.17. The van der Waals surface area contributed by atoms with E-state index in [9.17, 15) is 8.42 Å². The van der Waals surface area contributed by atoms with Crippen LogP contribution in [0.4, 0.5) is 0 Å². The van der Waals surface area contributed by atoms with Crippen LogP contribution >= 0.6 is 0 Å². The third kappa shape index (κ3) is 3.24. The van der Waals surface area contributed by atoms with E-state index in [-0.39, 0.29) is 11.5 Å². The summed E-state index contributed by atoms with van der Waals surface area (Å²) >= 11 is 0. The zero-order valence-corrected chi connectivity index (χ0v) is 10.2. The molecule has 0 heterocycles. The second kappa shape index (κ2) is 4.19. The molecule has 0 aromatic carbocycles. The minimum atomic E-state index is -2.80. The third-order valence-electron chi connectivity index (χ3n) is 3.39. The predicted octanol–water partition coefficient (Wildman–Crippen LogP) is 1.20. The summed E-state index contributed by atoms with van der Waals surface area (Å²) < 4.78 is 22.4. The molecule has 0 spiro atoms. The quantitative estimate of drug-likeness (QED) is 0.730. The van der Waals surface area contributed by atoms with Gasteiger partial charge in [0.2, 0.25) is 0 Å². The zero-order chi connectivity index (χ0) is 10.8. The molecule has 0 bridgehead atoms. The highest BCUT2D eigenvalue weighted by atomic mass is 32.2. The van der Waals surface area contributed by atoms with E-state index in [1.165, 1.54) is 12.8 Å². The first-order valence-electron chi connectivity index (χ1n) is 5.33. The molecule has 14 heavy (non-hydrogen) atoms. The molecule has 1 aliphatic rings. The molecule has 0 aromatic rings. The molecule has 1 atom stereocenters. The largest absolute Gasteiger partial charge is 0.313 e. The van der Waals surface area contributed by atoms with Crippen molar-refractivity contribution < 1.29 is 8.42 Å². The van der Waals surface area contributed by atoms with Gasteiger partial charge in [-0.3, -0.25) is 0 Å². The predicted molar refractivity (Wildman–Crippen MR) is 59.1 cm³/mol. The van der Waals surface area contributed by atoms with Crippen molar-refractivity contribution in [2.45, 2.75) is 39.7 Å². The van der Waals surface area contributed by atoms with Gasteiger partial charge in [0.05, 0.1) is 5.75 Å². The lowest BCUT2D eigenvalue weighted by molar-refractivity contribution is 0.389. The summed E-state index contributed by atoms with van der Waals surface area (Å²) in [7, 11) is -2.80. The zero-order valence-electron chi connectivity index (χ0n) is 9.34. The highest BCUT2D eigenvalue weighted by Gasteiger charge is 2.42. The molecule has 1 aliphatic carbocycles.